The number of nitrogens with zero attached hydrogens (tertiary/aromatic N) is 1. The number of para-hydroxylation sites is 2. The molecule has 0 amide bonds. The van der Waals surface area contributed by atoms with Gasteiger partial charge in [-0.05, 0) is 49.7 Å². The maximum absolute atomic E-state index is 10.8. The molecule has 5 nitrogen and oxygen atoms in total. The monoisotopic (exact) mass is 410 g/mol. The van der Waals surface area contributed by atoms with Crippen molar-refractivity contribution in [1.82, 2.24) is 4.90 Å². The minimum atomic E-state index is -0.889. The maximum Gasteiger partial charge on any atom is 0.307 e. The zero-order valence-corrected chi connectivity index (χ0v) is 16.5. The second kappa shape index (κ2) is 11.1. The van der Waals surface area contributed by atoms with Crippen LogP contribution in [-0.4, -0.2) is 47.3 Å². The Hall–Kier alpha value is -1.79. The largest absolute Gasteiger partial charge is 0.481 e. The summed E-state index contributed by atoms with van der Waals surface area (Å²) < 4.78 is 0. The van der Waals surface area contributed by atoms with Gasteiger partial charge in [-0.2, -0.15) is 0 Å². The molecule has 0 atom stereocenters. The summed E-state index contributed by atoms with van der Waals surface area (Å²) in [5, 5.41) is 21.4. The second-order valence-corrected chi connectivity index (χ2v) is 7.04. The standard InChI is InChI=1S/C14H11Cl2NO2.C6H13NO/c15-10-5-3-6-11(16)14(10)17-12-7-2-1-4-9(12)8-13(18)19;8-6-5-7-3-1-2-4-7/h1-7,17H,8H2,(H,18,19);8H,1-6H2. The lowest BCUT2D eigenvalue weighted by Crippen LogP contribution is -2.22. The number of β-amino-alcohol motifs (C(OH)–C–C–N with tert-alkyl or cyclic N) is 1. The Morgan fingerprint density at radius 1 is 1.04 bits per heavy atom. The zero-order valence-electron chi connectivity index (χ0n) is 15.0. The summed E-state index contributed by atoms with van der Waals surface area (Å²) in [6, 6.07) is 12.3. The van der Waals surface area contributed by atoms with E-state index in [1.165, 1.54) is 25.9 Å². The Morgan fingerprint density at radius 2 is 1.67 bits per heavy atom. The molecule has 146 valence electrons. The van der Waals surface area contributed by atoms with Gasteiger partial charge in [0, 0.05) is 12.2 Å². The first-order valence-electron chi connectivity index (χ1n) is 8.85. The van der Waals surface area contributed by atoms with Gasteiger partial charge in [0.1, 0.15) is 0 Å². The first-order chi connectivity index (χ1) is 13.0. The molecule has 0 unspecified atom stereocenters. The Morgan fingerprint density at radius 3 is 2.26 bits per heavy atom. The molecule has 1 saturated heterocycles. The van der Waals surface area contributed by atoms with Crippen molar-refractivity contribution in [3.63, 3.8) is 0 Å². The molecule has 27 heavy (non-hydrogen) atoms. The average Bonchev–Trinajstić information content (AvgIpc) is 3.13. The fraction of sp³-hybridized carbons (Fsp3) is 0.350. The molecule has 1 heterocycles. The summed E-state index contributed by atoms with van der Waals surface area (Å²) in [5.41, 5.74) is 1.93. The van der Waals surface area contributed by atoms with Crippen LogP contribution in [0.25, 0.3) is 0 Å². The van der Waals surface area contributed by atoms with E-state index in [0.29, 0.717) is 33.6 Å². The normalized spacial score (nSPS) is 13.7. The molecule has 2 aromatic carbocycles. The Kier molecular flexibility index (Phi) is 8.88. The van der Waals surface area contributed by atoms with E-state index in [4.69, 9.17) is 33.4 Å². The van der Waals surface area contributed by atoms with E-state index in [2.05, 4.69) is 10.2 Å². The quantitative estimate of drug-likeness (QED) is 0.656. The molecule has 0 bridgehead atoms. The highest BCUT2D eigenvalue weighted by atomic mass is 35.5. The van der Waals surface area contributed by atoms with E-state index in [1.54, 1.807) is 36.4 Å². The highest BCUT2D eigenvalue weighted by molar-refractivity contribution is 6.39. The molecule has 0 aromatic heterocycles. The third-order valence-electron chi connectivity index (χ3n) is 4.20. The average molecular weight is 411 g/mol. The van der Waals surface area contributed by atoms with Crippen LogP contribution in [-0.2, 0) is 11.2 Å². The number of likely N-dealkylation sites (tertiary alicyclic amines) is 1. The minimum Gasteiger partial charge on any atom is -0.481 e. The Balaban J connectivity index is 0.000000273. The third kappa shape index (κ3) is 7.03. The zero-order chi connectivity index (χ0) is 19.6. The van der Waals surface area contributed by atoms with E-state index >= 15 is 0 Å². The van der Waals surface area contributed by atoms with Crippen LogP contribution in [0, 0.1) is 0 Å². The maximum atomic E-state index is 10.8. The van der Waals surface area contributed by atoms with Gasteiger partial charge in [-0.1, -0.05) is 47.5 Å². The van der Waals surface area contributed by atoms with Crippen LogP contribution >= 0.6 is 23.2 Å². The fourth-order valence-corrected chi connectivity index (χ4v) is 3.35. The van der Waals surface area contributed by atoms with Gasteiger partial charge in [-0.3, -0.25) is 4.79 Å². The van der Waals surface area contributed by atoms with Crippen molar-refractivity contribution in [1.29, 1.82) is 0 Å². The van der Waals surface area contributed by atoms with Crippen LogP contribution in [0.15, 0.2) is 42.5 Å². The summed E-state index contributed by atoms with van der Waals surface area (Å²) in [6.45, 7) is 3.58. The van der Waals surface area contributed by atoms with Gasteiger partial charge in [-0.15, -0.1) is 0 Å². The van der Waals surface area contributed by atoms with E-state index in [0.717, 1.165) is 6.54 Å². The van der Waals surface area contributed by atoms with Gasteiger partial charge >= 0.3 is 5.97 Å². The van der Waals surface area contributed by atoms with Crippen molar-refractivity contribution >= 4 is 40.5 Å². The van der Waals surface area contributed by atoms with E-state index in [1.807, 2.05) is 6.07 Å². The molecule has 3 N–H and O–H groups in total. The van der Waals surface area contributed by atoms with Crippen molar-refractivity contribution < 1.29 is 15.0 Å². The molecule has 0 saturated carbocycles. The summed E-state index contributed by atoms with van der Waals surface area (Å²) in [6.07, 6.45) is 2.57. The van der Waals surface area contributed by atoms with E-state index < -0.39 is 5.97 Å². The Bertz CT molecular complexity index is 730. The molecule has 0 aliphatic carbocycles. The number of carboxylic acids is 1. The van der Waals surface area contributed by atoms with Gasteiger partial charge in [0.05, 0.1) is 28.8 Å². The van der Waals surface area contributed by atoms with Crippen molar-refractivity contribution in [3.8, 4) is 0 Å². The number of hydrogen-bond donors (Lipinski definition) is 3. The van der Waals surface area contributed by atoms with Gasteiger partial charge < -0.3 is 20.4 Å². The molecule has 1 aliphatic heterocycles. The van der Waals surface area contributed by atoms with E-state index in [9.17, 15) is 4.79 Å². The van der Waals surface area contributed by atoms with Crippen LogP contribution in [0.2, 0.25) is 10.0 Å². The summed E-state index contributed by atoms with van der Waals surface area (Å²) >= 11 is 12.1. The number of rotatable bonds is 6. The number of aliphatic hydroxyl groups is 1. The third-order valence-corrected chi connectivity index (χ3v) is 4.83. The second-order valence-electron chi connectivity index (χ2n) is 6.22. The molecule has 1 fully saturated rings. The number of benzene rings is 2. The summed E-state index contributed by atoms with van der Waals surface area (Å²) in [4.78, 5) is 13.1. The van der Waals surface area contributed by atoms with Gasteiger partial charge in [0.25, 0.3) is 0 Å². The molecular formula is C20H24Cl2N2O3. The first-order valence-corrected chi connectivity index (χ1v) is 9.61. The number of nitrogens with one attached hydrogen (secondary N) is 1. The number of anilines is 2. The Labute approximate surface area is 169 Å². The predicted molar refractivity (Wildman–Crippen MR) is 110 cm³/mol. The number of carboxylic acid groups (broad SMARTS) is 1. The van der Waals surface area contributed by atoms with Crippen molar-refractivity contribution in [2.75, 3.05) is 31.6 Å². The molecular weight excluding hydrogens is 387 g/mol. The number of halogens is 2. The van der Waals surface area contributed by atoms with Crippen LogP contribution in [0.4, 0.5) is 11.4 Å². The van der Waals surface area contributed by atoms with Crippen molar-refractivity contribution in [2.45, 2.75) is 19.3 Å². The van der Waals surface area contributed by atoms with Gasteiger partial charge in [0.2, 0.25) is 0 Å². The molecule has 2 aromatic rings. The van der Waals surface area contributed by atoms with Gasteiger partial charge in [-0.25, -0.2) is 0 Å². The lowest BCUT2D eigenvalue weighted by atomic mass is 10.1. The van der Waals surface area contributed by atoms with Crippen molar-refractivity contribution in [3.05, 3.63) is 58.1 Å². The van der Waals surface area contributed by atoms with Crippen LogP contribution < -0.4 is 5.32 Å². The van der Waals surface area contributed by atoms with Gasteiger partial charge in [0.15, 0.2) is 0 Å². The lowest BCUT2D eigenvalue weighted by Gasteiger charge is -2.13. The molecule has 0 spiro atoms. The summed E-state index contributed by atoms with van der Waals surface area (Å²) in [7, 11) is 0. The topological polar surface area (TPSA) is 72.8 Å². The predicted octanol–water partition coefficient (Wildman–Crippen LogP) is 4.44. The number of aliphatic carboxylic acids is 1. The molecule has 7 heteroatoms. The first kappa shape index (κ1) is 21.5. The van der Waals surface area contributed by atoms with E-state index in [-0.39, 0.29) is 6.42 Å². The highest BCUT2D eigenvalue weighted by Gasteiger charge is 2.10. The fourth-order valence-electron chi connectivity index (χ4n) is 2.86. The SMILES string of the molecule is O=C(O)Cc1ccccc1Nc1c(Cl)cccc1Cl.OCCN1CCCC1. The van der Waals surface area contributed by atoms with Crippen molar-refractivity contribution in [2.24, 2.45) is 0 Å². The molecule has 1 aliphatic rings. The summed E-state index contributed by atoms with van der Waals surface area (Å²) in [5.74, 6) is -0.889. The molecule has 3 rings (SSSR count). The minimum absolute atomic E-state index is 0.0642. The number of aliphatic hydroxyl groups excluding tert-OH is 1. The highest BCUT2D eigenvalue weighted by Crippen LogP contribution is 2.33. The van der Waals surface area contributed by atoms with Crippen LogP contribution in [0.3, 0.4) is 0 Å². The van der Waals surface area contributed by atoms with Crippen LogP contribution in [0.5, 0.6) is 0 Å². The van der Waals surface area contributed by atoms with Crippen LogP contribution in [0.1, 0.15) is 18.4 Å². The smallest absolute Gasteiger partial charge is 0.307 e. The number of carbonyl (C=O) groups is 1. The number of hydrogen-bond acceptors (Lipinski definition) is 4. The lowest BCUT2D eigenvalue weighted by molar-refractivity contribution is -0.136. The molecule has 0 radical (unpaired) electrons.